The molecule has 0 saturated carbocycles. The van der Waals surface area contributed by atoms with Crippen molar-refractivity contribution in [3.05, 3.63) is 83.7 Å². The van der Waals surface area contributed by atoms with Crippen LogP contribution in [0.15, 0.2) is 71.4 Å². The van der Waals surface area contributed by atoms with Crippen LogP contribution in [0.1, 0.15) is 22.9 Å². The van der Waals surface area contributed by atoms with E-state index >= 15 is 0 Å². The van der Waals surface area contributed by atoms with E-state index in [1.807, 2.05) is 54.6 Å². The maximum atomic E-state index is 9.29. The summed E-state index contributed by atoms with van der Waals surface area (Å²) < 4.78 is 5.44. The van der Waals surface area contributed by atoms with Crippen LogP contribution in [0.3, 0.4) is 0 Å². The van der Waals surface area contributed by atoms with Crippen LogP contribution in [0.25, 0.3) is 22.2 Å². The van der Waals surface area contributed by atoms with Gasteiger partial charge >= 0.3 is 0 Å². The Bertz CT molecular complexity index is 1100. The van der Waals surface area contributed by atoms with Crippen molar-refractivity contribution in [2.75, 3.05) is 0 Å². The Kier molecular flexibility index (Phi) is 5.51. The molecule has 0 bridgehead atoms. The van der Waals surface area contributed by atoms with Crippen molar-refractivity contribution in [2.45, 2.75) is 12.5 Å². The smallest absolute Gasteiger partial charge is 0.167 e. The monoisotopic (exact) mass is 376 g/mol. The first-order valence-corrected chi connectivity index (χ1v) is 8.30. The Hall–Kier alpha value is -3.20. The number of hydrogen-bond donors (Lipinski definition) is 1. The molecule has 4 aromatic rings. The van der Waals surface area contributed by atoms with Crippen molar-refractivity contribution < 1.29 is 4.52 Å². The molecular formula is C21H17ClN4O. The van der Waals surface area contributed by atoms with Crippen LogP contribution in [-0.2, 0) is 6.42 Å². The molecule has 0 radical (unpaired) electrons. The number of aromatic nitrogens is 2. The van der Waals surface area contributed by atoms with Gasteiger partial charge in [0, 0.05) is 35.3 Å². The van der Waals surface area contributed by atoms with Gasteiger partial charge < -0.3 is 10.3 Å². The Morgan fingerprint density at radius 2 is 1.89 bits per heavy atom. The first-order valence-electron chi connectivity index (χ1n) is 8.30. The Morgan fingerprint density at radius 1 is 1.07 bits per heavy atom. The number of pyridine rings is 1. The number of hydrogen-bond acceptors (Lipinski definition) is 5. The highest BCUT2D eigenvalue weighted by Crippen LogP contribution is 2.33. The average molecular weight is 377 g/mol. The van der Waals surface area contributed by atoms with Crippen LogP contribution in [-0.4, -0.2) is 10.1 Å². The van der Waals surface area contributed by atoms with Crippen LogP contribution >= 0.6 is 12.4 Å². The average Bonchev–Trinajstić information content (AvgIpc) is 3.12. The zero-order valence-electron chi connectivity index (χ0n) is 14.4. The lowest BCUT2D eigenvalue weighted by atomic mass is 9.92. The van der Waals surface area contributed by atoms with Gasteiger partial charge in [-0.05, 0) is 42.0 Å². The number of rotatable bonds is 4. The second-order valence-electron chi connectivity index (χ2n) is 6.07. The summed E-state index contributed by atoms with van der Waals surface area (Å²) in [5.41, 5.74) is 11.1. The predicted molar refractivity (Wildman–Crippen MR) is 106 cm³/mol. The molecule has 1 unspecified atom stereocenters. The zero-order valence-corrected chi connectivity index (χ0v) is 15.2. The summed E-state index contributed by atoms with van der Waals surface area (Å²) in [6.45, 7) is 0. The summed E-state index contributed by atoms with van der Waals surface area (Å²) in [5, 5.41) is 14.5. The van der Waals surface area contributed by atoms with E-state index in [4.69, 9.17) is 10.3 Å². The lowest BCUT2D eigenvalue weighted by Crippen LogP contribution is -2.15. The van der Waals surface area contributed by atoms with Crippen molar-refractivity contribution in [3.8, 4) is 17.3 Å². The molecule has 0 aliphatic carbocycles. The SMILES string of the molecule is Cl.N#Cc1ccc(-c2noc3ccccc23)c(C(N)Cc2ccccn2)c1. The Morgan fingerprint density at radius 3 is 2.67 bits per heavy atom. The molecule has 0 fully saturated rings. The van der Waals surface area contributed by atoms with Crippen molar-refractivity contribution in [2.24, 2.45) is 5.73 Å². The van der Waals surface area contributed by atoms with Gasteiger partial charge in [-0.3, -0.25) is 4.98 Å². The van der Waals surface area contributed by atoms with E-state index in [1.165, 1.54) is 0 Å². The predicted octanol–water partition coefficient (Wildman–Crippen LogP) is 4.43. The molecule has 6 heteroatoms. The highest BCUT2D eigenvalue weighted by molar-refractivity contribution is 5.92. The van der Waals surface area contributed by atoms with Crippen molar-refractivity contribution in [3.63, 3.8) is 0 Å². The zero-order chi connectivity index (χ0) is 17.9. The lowest BCUT2D eigenvalue weighted by Gasteiger charge is -2.16. The van der Waals surface area contributed by atoms with Crippen molar-refractivity contribution in [1.29, 1.82) is 5.26 Å². The van der Waals surface area contributed by atoms with Crippen LogP contribution in [0.4, 0.5) is 0 Å². The Labute approximate surface area is 162 Å². The van der Waals surface area contributed by atoms with Crippen LogP contribution in [0.2, 0.25) is 0 Å². The molecular weight excluding hydrogens is 360 g/mol. The molecule has 4 rings (SSSR count). The fraction of sp³-hybridized carbons (Fsp3) is 0.0952. The number of nitriles is 1. The van der Waals surface area contributed by atoms with Crippen LogP contribution in [0, 0.1) is 11.3 Å². The number of fused-ring (bicyclic) bond motifs is 1. The third-order valence-electron chi connectivity index (χ3n) is 4.37. The minimum absolute atomic E-state index is 0. The highest BCUT2D eigenvalue weighted by atomic mass is 35.5. The summed E-state index contributed by atoms with van der Waals surface area (Å²) in [6, 6.07) is 20.8. The van der Waals surface area contributed by atoms with E-state index in [2.05, 4.69) is 16.2 Å². The molecule has 27 heavy (non-hydrogen) atoms. The number of nitrogens with zero attached hydrogens (tertiary/aromatic N) is 3. The summed E-state index contributed by atoms with van der Waals surface area (Å²) in [7, 11) is 0. The summed E-state index contributed by atoms with van der Waals surface area (Å²) >= 11 is 0. The van der Waals surface area contributed by atoms with Gasteiger partial charge in [0.25, 0.3) is 0 Å². The fourth-order valence-corrected chi connectivity index (χ4v) is 3.09. The van der Waals surface area contributed by atoms with Gasteiger partial charge in [-0.2, -0.15) is 5.26 Å². The summed E-state index contributed by atoms with van der Waals surface area (Å²) in [5.74, 6) is 0. The first kappa shape index (κ1) is 18.6. The molecule has 0 aliphatic heterocycles. The van der Waals surface area contributed by atoms with E-state index in [0.717, 1.165) is 33.5 Å². The van der Waals surface area contributed by atoms with Gasteiger partial charge in [-0.25, -0.2) is 0 Å². The third kappa shape index (κ3) is 3.68. The van der Waals surface area contributed by atoms with Crippen molar-refractivity contribution >= 4 is 23.4 Å². The Balaban J connectivity index is 0.00000210. The number of halogens is 1. The highest BCUT2D eigenvalue weighted by Gasteiger charge is 2.19. The first-order chi connectivity index (χ1) is 12.8. The van der Waals surface area contributed by atoms with E-state index in [-0.39, 0.29) is 18.4 Å². The number of para-hydroxylation sites is 1. The van der Waals surface area contributed by atoms with Gasteiger partial charge in [0.1, 0.15) is 5.69 Å². The van der Waals surface area contributed by atoms with Crippen molar-refractivity contribution in [1.82, 2.24) is 10.1 Å². The standard InChI is InChI=1S/C21H16N4O.ClH/c22-13-14-8-9-16(21-17-6-1-2-7-20(17)26-25-21)18(11-14)19(23)12-15-5-3-4-10-24-15;/h1-11,19H,12,23H2;1H. The van der Waals surface area contributed by atoms with E-state index < -0.39 is 0 Å². The fourth-order valence-electron chi connectivity index (χ4n) is 3.09. The third-order valence-corrected chi connectivity index (χ3v) is 4.37. The van der Waals surface area contributed by atoms with Gasteiger partial charge in [0.05, 0.1) is 11.6 Å². The molecule has 0 saturated heterocycles. The lowest BCUT2D eigenvalue weighted by molar-refractivity contribution is 0.459. The topological polar surface area (TPSA) is 88.7 Å². The maximum Gasteiger partial charge on any atom is 0.167 e. The van der Waals surface area contributed by atoms with Gasteiger partial charge in [0.15, 0.2) is 5.58 Å². The minimum Gasteiger partial charge on any atom is -0.356 e. The van der Waals surface area contributed by atoms with Gasteiger partial charge in [-0.15, -0.1) is 12.4 Å². The van der Waals surface area contributed by atoms with E-state index in [9.17, 15) is 5.26 Å². The molecule has 0 amide bonds. The number of nitrogens with two attached hydrogens (primary N) is 1. The molecule has 1 atom stereocenters. The molecule has 5 nitrogen and oxygen atoms in total. The molecule has 134 valence electrons. The normalized spacial score (nSPS) is 11.6. The second kappa shape index (κ2) is 8.00. The van der Waals surface area contributed by atoms with Gasteiger partial charge in [0.2, 0.25) is 0 Å². The quantitative estimate of drug-likeness (QED) is 0.569. The molecule has 0 aliphatic rings. The van der Waals surface area contributed by atoms with Gasteiger partial charge in [-0.1, -0.05) is 29.4 Å². The second-order valence-corrected chi connectivity index (χ2v) is 6.07. The molecule has 2 aromatic carbocycles. The van der Waals surface area contributed by atoms with E-state index in [0.29, 0.717) is 12.0 Å². The molecule has 2 heterocycles. The molecule has 0 spiro atoms. The minimum atomic E-state index is -0.316. The summed E-state index contributed by atoms with van der Waals surface area (Å²) in [6.07, 6.45) is 2.32. The summed E-state index contributed by atoms with van der Waals surface area (Å²) in [4.78, 5) is 4.35. The largest absolute Gasteiger partial charge is 0.356 e. The maximum absolute atomic E-state index is 9.29. The van der Waals surface area contributed by atoms with Crippen LogP contribution in [0.5, 0.6) is 0 Å². The molecule has 2 aromatic heterocycles. The number of benzene rings is 2. The van der Waals surface area contributed by atoms with E-state index in [1.54, 1.807) is 12.3 Å². The van der Waals surface area contributed by atoms with Crippen LogP contribution < -0.4 is 5.73 Å². The molecule has 2 N–H and O–H groups in total.